The molecule has 2 aromatic rings. The standard InChI is InChI=1S/C13H13ClFN3/c1-8-6-17-13(18-7-8)12(16)4-9-2-3-10(14)5-11(9)15/h2-3,5-7,12H,4,16H2,1H3. The molecule has 0 aliphatic carbocycles. The van der Waals surface area contributed by atoms with E-state index < -0.39 is 6.04 Å². The highest BCUT2D eigenvalue weighted by Gasteiger charge is 2.12. The summed E-state index contributed by atoms with van der Waals surface area (Å²) in [5.41, 5.74) is 7.43. The lowest BCUT2D eigenvalue weighted by atomic mass is 10.1. The van der Waals surface area contributed by atoms with Gasteiger partial charge in [-0.1, -0.05) is 17.7 Å². The summed E-state index contributed by atoms with van der Waals surface area (Å²) >= 11 is 5.69. The number of aryl methyl sites for hydroxylation is 1. The van der Waals surface area contributed by atoms with Crippen molar-refractivity contribution in [1.82, 2.24) is 9.97 Å². The van der Waals surface area contributed by atoms with Crippen molar-refractivity contribution in [3.8, 4) is 0 Å². The first-order valence-corrected chi connectivity index (χ1v) is 5.92. The van der Waals surface area contributed by atoms with E-state index in [-0.39, 0.29) is 5.82 Å². The van der Waals surface area contributed by atoms with Crippen LogP contribution in [0.2, 0.25) is 5.02 Å². The van der Waals surface area contributed by atoms with E-state index in [1.807, 2.05) is 6.92 Å². The smallest absolute Gasteiger partial charge is 0.145 e. The Morgan fingerprint density at radius 1 is 1.33 bits per heavy atom. The van der Waals surface area contributed by atoms with Crippen molar-refractivity contribution < 1.29 is 4.39 Å². The highest BCUT2D eigenvalue weighted by atomic mass is 35.5. The van der Waals surface area contributed by atoms with Crippen molar-refractivity contribution in [2.45, 2.75) is 19.4 Å². The van der Waals surface area contributed by atoms with Gasteiger partial charge in [-0.3, -0.25) is 0 Å². The molecule has 0 saturated heterocycles. The number of hydrogen-bond donors (Lipinski definition) is 1. The molecule has 0 radical (unpaired) electrons. The second-order valence-corrected chi connectivity index (χ2v) is 4.60. The Morgan fingerprint density at radius 3 is 2.61 bits per heavy atom. The lowest BCUT2D eigenvalue weighted by Crippen LogP contribution is -2.17. The van der Waals surface area contributed by atoms with Gasteiger partial charge in [0, 0.05) is 17.4 Å². The molecule has 0 aliphatic rings. The summed E-state index contributed by atoms with van der Waals surface area (Å²) < 4.78 is 13.6. The molecule has 1 heterocycles. The third-order valence-corrected chi connectivity index (χ3v) is 2.82. The van der Waals surface area contributed by atoms with Gasteiger partial charge in [-0.2, -0.15) is 0 Å². The third kappa shape index (κ3) is 3.03. The van der Waals surface area contributed by atoms with Gasteiger partial charge in [0.15, 0.2) is 0 Å². The zero-order valence-corrected chi connectivity index (χ0v) is 10.7. The first-order chi connectivity index (χ1) is 8.56. The van der Waals surface area contributed by atoms with Crippen LogP contribution in [-0.2, 0) is 6.42 Å². The van der Waals surface area contributed by atoms with E-state index in [2.05, 4.69) is 9.97 Å². The van der Waals surface area contributed by atoms with E-state index in [9.17, 15) is 4.39 Å². The van der Waals surface area contributed by atoms with Gasteiger partial charge in [0.1, 0.15) is 11.6 Å². The van der Waals surface area contributed by atoms with Crippen LogP contribution in [0.4, 0.5) is 4.39 Å². The average Bonchev–Trinajstić information content (AvgIpc) is 2.33. The molecule has 0 spiro atoms. The summed E-state index contributed by atoms with van der Waals surface area (Å²) in [5, 5.41) is 0.372. The topological polar surface area (TPSA) is 51.8 Å². The van der Waals surface area contributed by atoms with Gasteiger partial charge in [-0.15, -0.1) is 0 Å². The van der Waals surface area contributed by atoms with Gasteiger partial charge >= 0.3 is 0 Å². The minimum atomic E-state index is -0.429. The Labute approximate surface area is 110 Å². The number of hydrogen-bond acceptors (Lipinski definition) is 3. The molecule has 2 N–H and O–H groups in total. The van der Waals surface area contributed by atoms with Crippen LogP contribution in [0.15, 0.2) is 30.6 Å². The van der Waals surface area contributed by atoms with E-state index in [1.54, 1.807) is 24.5 Å². The van der Waals surface area contributed by atoms with E-state index in [0.717, 1.165) is 5.56 Å². The summed E-state index contributed by atoms with van der Waals surface area (Å²) in [4.78, 5) is 8.27. The Morgan fingerprint density at radius 2 is 2.00 bits per heavy atom. The summed E-state index contributed by atoms with van der Waals surface area (Å²) in [7, 11) is 0. The molecule has 0 fully saturated rings. The fourth-order valence-corrected chi connectivity index (χ4v) is 1.77. The number of aromatic nitrogens is 2. The van der Waals surface area contributed by atoms with E-state index >= 15 is 0 Å². The van der Waals surface area contributed by atoms with Gasteiger partial charge in [0.05, 0.1) is 6.04 Å². The monoisotopic (exact) mass is 265 g/mol. The van der Waals surface area contributed by atoms with Gasteiger partial charge in [0.2, 0.25) is 0 Å². The van der Waals surface area contributed by atoms with Crippen LogP contribution >= 0.6 is 11.6 Å². The highest BCUT2D eigenvalue weighted by Crippen LogP contribution is 2.19. The lowest BCUT2D eigenvalue weighted by molar-refractivity contribution is 0.584. The van der Waals surface area contributed by atoms with Crippen LogP contribution in [0.5, 0.6) is 0 Å². The molecule has 0 bridgehead atoms. The lowest BCUT2D eigenvalue weighted by Gasteiger charge is -2.11. The van der Waals surface area contributed by atoms with Crippen molar-refractivity contribution in [2.24, 2.45) is 5.73 Å². The minimum Gasteiger partial charge on any atom is -0.321 e. The molecule has 94 valence electrons. The molecule has 3 nitrogen and oxygen atoms in total. The first-order valence-electron chi connectivity index (χ1n) is 5.54. The summed E-state index contributed by atoms with van der Waals surface area (Å²) in [6.07, 6.45) is 3.73. The zero-order valence-electron chi connectivity index (χ0n) is 9.90. The van der Waals surface area contributed by atoms with Crippen molar-refractivity contribution in [3.63, 3.8) is 0 Å². The van der Waals surface area contributed by atoms with Crippen LogP contribution in [0.3, 0.4) is 0 Å². The summed E-state index contributed by atoms with van der Waals surface area (Å²) in [6, 6.07) is 4.12. The Hall–Kier alpha value is -1.52. The quantitative estimate of drug-likeness (QED) is 0.928. The Balaban J connectivity index is 2.15. The number of nitrogens with two attached hydrogens (primary N) is 1. The molecule has 2 rings (SSSR count). The largest absolute Gasteiger partial charge is 0.321 e. The van der Waals surface area contributed by atoms with Gasteiger partial charge in [-0.05, 0) is 36.6 Å². The Bertz CT molecular complexity index is 542. The molecular weight excluding hydrogens is 253 g/mol. The number of rotatable bonds is 3. The van der Waals surface area contributed by atoms with Crippen LogP contribution in [0.25, 0.3) is 0 Å². The molecule has 18 heavy (non-hydrogen) atoms. The maximum Gasteiger partial charge on any atom is 0.145 e. The van der Waals surface area contributed by atoms with Gasteiger partial charge < -0.3 is 5.73 Å². The molecule has 1 aromatic carbocycles. The van der Waals surface area contributed by atoms with Crippen LogP contribution in [0.1, 0.15) is 23.0 Å². The van der Waals surface area contributed by atoms with Crippen LogP contribution in [0, 0.1) is 12.7 Å². The number of halogens is 2. The first kappa shape index (κ1) is 12.9. The molecule has 1 unspecified atom stereocenters. The molecule has 1 aromatic heterocycles. The fraction of sp³-hybridized carbons (Fsp3) is 0.231. The predicted molar refractivity (Wildman–Crippen MR) is 68.8 cm³/mol. The van der Waals surface area contributed by atoms with Crippen LogP contribution in [-0.4, -0.2) is 9.97 Å². The molecule has 0 saturated carbocycles. The third-order valence-electron chi connectivity index (χ3n) is 2.59. The van der Waals surface area contributed by atoms with Crippen LogP contribution < -0.4 is 5.73 Å². The molecule has 1 atom stereocenters. The maximum absolute atomic E-state index is 13.6. The fourth-order valence-electron chi connectivity index (χ4n) is 1.61. The SMILES string of the molecule is Cc1cnc(C(N)Cc2ccc(Cl)cc2F)nc1. The highest BCUT2D eigenvalue weighted by molar-refractivity contribution is 6.30. The summed E-state index contributed by atoms with van der Waals surface area (Å²) in [6.45, 7) is 1.90. The molecule has 0 aliphatic heterocycles. The zero-order chi connectivity index (χ0) is 13.1. The van der Waals surface area contributed by atoms with E-state index in [1.165, 1.54) is 6.07 Å². The van der Waals surface area contributed by atoms with Gasteiger partial charge in [-0.25, -0.2) is 14.4 Å². The van der Waals surface area contributed by atoms with E-state index in [4.69, 9.17) is 17.3 Å². The predicted octanol–water partition coefficient (Wildman–Crippen LogP) is 2.82. The van der Waals surface area contributed by atoms with Gasteiger partial charge in [0.25, 0.3) is 0 Å². The molecule has 0 amide bonds. The Kier molecular flexibility index (Phi) is 3.89. The van der Waals surface area contributed by atoms with Crippen molar-refractivity contribution in [2.75, 3.05) is 0 Å². The molecule has 5 heteroatoms. The normalized spacial score (nSPS) is 12.4. The molecular formula is C13H13ClFN3. The van der Waals surface area contributed by atoms with Crippen molar-refractivity contribution >= 4 is 11.6 Å². The van der Waals surface area contributed by atoms with Crippen molar-refractivity contribution in [1.29, 1.82) is 0 Å². The number of nitrogens with zero attached hydrogens (tertiary/aromatic N) is 2. The van der Waals surface area contributed by atoms with Crippen molar-refractivity contribution in [3.05, 3.63) is 58.4 Å². The summed E-state index contributed by atoms with van der Waals surface area (Å²) in [5.74, 6) is 0.153. The average molecular weight is 266 g/mol. The second kappa shape index (κ2) is 5.42. The maximum atomic E-state index is 13.6. The minimum absolute atomic E-state index is 0.339. The number of benzene rings is 1. The van der Waals surface area contributed by atoms with E-state index in [0.29, 0.717) is 22.8 Å². The second-order valence-electron chi connectivity index (χ2n) is 4.16.